The van der Waals surface area contributed by atoms with Gasteiger partial charge < -0.3 is 20.1 Å². The molecule has 2 rings (SSSR count). The quantitative estimate of drug-likeness (QED) is 0.683. The van der Waals surface area contributed by atoms with Crippen molar-refractivity contribution in [1.82, 2.24) is 5.32 Å². The van der Waals surface area contributed by atoms with E-state index in [0.717, 1.165) is 29.5 Å². The van der Waals surface area contributed by atoms with Crippen LogP contribution in [0.5, 0.6) is 5.75 Å². The summed E-state index contributed by atoms with van der Waals surface area (Å²) in [7, 11) is 1.64. The lowest BCUT2D eigenvalue weighted by molar-refractivity contribution is -0.115. The molecule has 1 fully saturated rings. The Bertz CT molecular complexity index is 473. The highest BCUT2D eigenvalue weighted by atomic mass is 16.5. The van der Waals surface area contributed by atoms with Crippen LogP contribution in [-0.4, -0.2) is 39.3 Å². The van der Waals surface area contributed by atoms with Gasteiger partial charge in [0.2, 0.25) is 5.91 Å². The Balaban J connectivity index is 1.77. The van der Waals surface area contributed by atoms with Crippen molar-refractivity contribution in [2.75, 3.05) is 38.7 Å². The molecule has 0 aliphatic heterocycles. The van der Waals surface area contributed by atoms with Gasteiger partial charge in [-0.15, -0.1) is 0 Å². The van der Waals surface area contributed by atoms with E-state index in [-0.39, 0.29) is 5.91 Å². The monoisotopic (exact) mass is 292 g/mol. The van der Waals surface area contributed by atoms with Crippen molar-refractivity contribution in [2.45, 2.75) is 19.8 Å². The maximum atomic E-state index is 11.8. The minimum absolute atomic E-state index is 0.00759. The van der Waals surface area contributed by atoms with Crippen LogP contribution in [0, 0.1) is 12.8 Å². The van der Waals surface area contributed by atoms with Crippen molar-refractivity contribution in [1.29, 1.82) is 0 Å². The van der Waals surface area contributed by atoms with Crippen LogP contribution < -0.4 is 15.4 Å². The SMILES string of the molecule is COCCOc1ccc(NC(=O)CNCC2CC2)c(C)c1. The number of ether oxygens (including phenoxy) is 2. The summed E-state index contributed by atoms with van der Waals surface area (Å²) in [5.74, 6) is 1.56. The van der Waals surface area contributed by atoms with E-state index in [4.69, 9.17) is 9.47 Å². The first-order valence-corrected chi connectivity index (χ1v) is 7.42. The van der Waals surface area contributed by atoms with Crippen LogP contribution in [0.1, 0.15) is 18.4 Å². The molecule has 1 aliphatic rings. The molecule has 5 nitrogen and oxygen atoms in total. The molecule has 2 N–H and O–H groups in total. The summed E-state index contributed by atoms with van der Waals surface area (Å²) in [4.78, 5) is 11.8. The zero-order valence-corrected chi connectivity index (χ0v) is 12.8. The molecule has 5 heteroatoms. The summed E-state index contributed by atoms with van der Waals surface area (Å²) in [6.07, 6.45) is 2.58. The molecule has 0 bridgehead atoms. The van der Waals surface area contributed by atoms with Crippen LogP contribution in [0.4, 0.5) is 5.69 Å². The number of carbonyl (C=O) groups excluding carboxylic acids is 1. The molecule has 0 atom stereocenters. The molecular weight excluding hydrogens is 268 g/mol. The molecule has 21 heavy (non-hydrogen) atoms. The van der Waals surface area contributed by atoms with Crippen LogP contribution in [0.3, 0.4) is 0 Å². The number of rotatable bonds is 9. The van der Waals surface area contributed by atoms with E-state index in [1.807, 2.05) is 25.1 Å². The summed E-state index contributed by atoms with van der Waals surface area (Å²) in [5.41, 5.74) is 1.81. The number of hydrogen-bond acceptors (Lipinski definition) is 4. The lowest BCUT2D eigenvalue weighted by Crippen LogP contribution is -2.29. The third-order valence-electron chi connectivity index (χ3n) is 3.44. The Morgan fingerprint density at radius 1 is 1.33 bits per heavy atom. The Morgan fingerprint density at radius 3 is 2.81 bits per heavy atom. The van der Waals surface area contributed by atoms with Gasteiger partial charge in [0.1, 0.15) is 12.4 Å². The predicted octanol–water partition coefficient (Wildman–Crippen LogP) is 1.96. The first kappa shape index (κ1) is 15.8. The van der Waals surface area contributed by atoms with Crippen molar-refractivity contribution >= 4 is 11.6 Å². The minimum atomic E-state index is -0.00759. The summed E-state index contributed by atoms with van der Waals surface area (Å²) >= 11 is 0. The lowest BCUT2D eigenvalue weighted by Gasteiger charge is -2.11. The highest BCUT2D eigenvalue weighted by Gasteiger charge is 2.20. The Kier molecular flexibility index (Phi) is 6.02. The molecule has 0 spiro atoms. The van der Waals surface area contributed by atoms with E-state index in [0.29, 0.717) is 19.8 Å². The molecule has 0 saturated heterocycles. The second-order valence-electron chi connectivity index (χ2n) is 5.44. The van der Waals surface area contributed by atoms with Crippen LogP contribution in [0.25, 0.3) is 0 Å². The van der Waals surface area contributed by atoms with Crippen LogP contribution >= 0.6 is 0 Å². The Morgan fingerprint density at radius 2 is 2.14 bits per heavy atom. The van der Waals surface area contributed by atoms with Gasteiger partial charge in [0.15, 0.2) is 0 Å². The van der Waals surface area contributed by atoms with E-state index >= 15 is 0 Å². The third kappa shape index (κ3) is 5.73. The molecule has 116 valence electrons. The number of amides is 1. The van der Waals surface area contributed by atoms with E-state index in [9.17, 15) is 4.79 Å². The number of aryl methyl sites for hydroxylation is 1. The molecule has 0 aromatic heterocycles. The molecule has 1 aromatic rings. The van der Waals surface area contributed by atoms with Crippen LogP contribution in [0.2, 0.25) is 0 Å². The number of anilines is 1. The average Bonchev–Trinajstić information content (AvgIpc) is 3.26. The largest absolute Gasteiger partial charge is 0.491 e. The minimum Gasteiger partial charge on any atom is -0.491 e. The number of benzene rings is 1. The average molecular weight is 292 g/mol. The normalized spacial score (nSPS) is 14.0. The van der Waals surface area contributed by atoms with E-state index < -0.39 is 0 Å². The summed E-state index contributed by atoms with van der Waals surface area (Å²) in [5, 5.41) is 6.10. The van der Waals surface area contributed by atoms with Gasteiger partial charge in [-0.25, -0.2) is 0 Å². The number of hydrogen-bond donors (Lipinski definition) is 2. The van der Waals surface area contributed by atoms with Crippen molar-refractivity contribution in [3.05, 3.63) is 23.8 Å². The van der Waals surface area contributed by atoms with Gasteiger partial charge in [-0.1, -0.05) is 0 Å². The van der Waals surface area contributed by atoms with Crippen LogP contribution in [0.15, 0.2) is 18.2 Å². The standard InChI is InChI=1S/C16H24N2O3/c1-12-9-14(21-8-7-20-2)5-6-15(12)18-16(19)11-17-10-13-3-4-13/h5-6,9,13,17H,3-4,7-8,10-11H2,1-2H3,(H,18,19). The van der Waals surface area contributed by atoms with Gasteiger partial charge in [0.05, 0.1) is 13.2 Å². The first-order valence-electron chi connectivity index (χ1n) is 7.42. The predicted molar refractivity (Wildman–Crippen MR) is 82.8 cm³/mol. The van der Waals surface area contributed by atoms with Crippen molar-refractivity contribution in [3.8, 4) is 5.75 Å². The summed E-state index contributed by atoms with van der Waals surface area (Å²) < 4.78 is 10.5. The highest BCUT2D eigenvalue weighted by molar-refractivity contribution is 5.93. The summed E-state index contributed by atoms with van der Waals surface area (Å²) in [6, 6.07) is 5.65. The third-order valence-corrected chi connectivity index (χ3v) is 3.44. The molecule has 0 unspecified atom stereocenters. The molecule has 1 amide bonds. The van der Waals surface area contributed by atoms with Crippen molar-refractivity contribution < 1.29 is 14.3 Å². The maximum absolute atomic E-state index is 11.8. The van der Waals surface area contributed by atoms with Crippen molar-refractivity contribution in [3.63, 3.8) is 0 Å². The zero-order valence-electron chi connectivity index (χ0n) is 12.8. The number of carbonyl (C=O) groups is 1. The maximum Gasteiger partial charge on any atom is 0.238 e. The van der Waals surface area contributed by atoms with Gasteiger partial charge in [0, 0.05) is 12.8 Å². The van der Waals surface area contributed by atoms with E-state index in [1.165, 1.54) is 12.8 Å². The van der Waals surface area contributed by atoms with Gasteiger partial charge in [-0.05, 0) is 56.0 Å². The number of methoxy groups -OCH3 is 1. The molecule has 1 saturated carbocycles. The lowest BCUT2D eigenvalue weighted by atomic mass is 10.2. The van der Waals surface area contributed by atoms with Crippen molar-refractivity contribution in [2.24, 2.45) is 5.92 Å². The second-order valence-corrected chi connectivity index (χ2v) is 5.44. The second kappa shape index (κ2) is 8.00. The Labute approximate surface area is 126 Å². The first-order chi connectivity index (χ1) is 10.2. The van der Waals surface area contributed by atoms with E-state index in [1.54, 1.807) is 7.11 Å². The van der Waals surface area contributed by atoms with Crippen LogP contribution in [-0.2, 0) is 9.53 Å². The van der Waals surface area contributed by atoms with Gasteiger partial charge in [-0.2, -0.15) is 0 Å². The fourth-order valence-electron chi connectivity index (χ4n) is 2.02. The zero-order chi connectivity index (χ0) is 15.1. The van der Waals surface area contributed by atoms with Gasteiger partial charge in [0.25, 0.3) is 0 Å². The fourth-order valence-corrected chi connectivity index (χ4v) is 2.02. The molecule has 1 aliphatic carbocycles. The molecule has 0 heterocycles. The summed E-state index contributed by atoms with van der Waals surface area (Å²) in [6.45, 7) is 4.34. The number of nitrogens with one attached hydrogen (secondary N) is 2. The fraction of sp³-hybridized carbons (Fsp3) is 0.562. The van der Waals surface area contributed by atoms with E-state index in [2.05, 4.69) is 10.6 Å². The Hall–Kier alpha value is -1.59. The van der Waals surface area contributed by atoms with Gasteiger partial charge >= 0.3 is 0 Å². The molecule has 0 radical (unpaired) electrons. The molecule has 1 aromatic carbocycles. The smallest absolute Gasteiger partial charge is 0.238 e. The highest BCUT2D eigenvalue weighted by Crippen LogP contribution is 2.27. The topological polar surface area (TPSA) is 59.6 Å². The molecular formula is C16H24N2O3. The van der Waals surface area contributed by atoms with Gasteiger partial charge in [-0.3, -0.25) is 4.79 Å².